The molecule has 19 heavy (non-hydrogen) atoms. The molecule has 0 aliphatic rings. The summed E-state index contributed by atoms with van der Waals surface area (Å²) < 4.78 is 0. The standard InChI is InChI=1S/C17H21N.ClH/c1-13-4-8-15(9-5-13)12-17(18-3)16-10-6-14(2)7-11-16;/h4-11,17-18H,12H2,1-3H3;1H. The fourth-order valence-corrected chi connectivity index (χ4v) is 2.15. The molecule has 0 amide bonds. The molecule has 0 aliphatic carbocycles. The third-order valence-corrected chi connectivity index (χ3v) is 3.39. The monoisotopic (exact) mass is 275 g/mol. The van der Waals surface area contributed by atoms with Crippen molar-refractivity contribution in [3.05, 3.63) is 70.8 Å². The summed E-state index contributed by atoms with van der Waals surface area (Å²) in [5.74, 6) is 0. The molecule has 1 nitrogen and oxygen atoms in total. The van der Waals surface area contributed by atoms with Gasteiger partial charge in [0.1, 0.15) is 0 Å². The SMILES string of the molecule is CNC(Cc1ccc(C)cc1)c1ccc(C)cc1.Cl. The summed E-state index contributed by atoms with van der Waals surface area (Å²) in [6.07, 6.45) is 1.03. The third-order valence-electron chi connectivity index (χ3n) is 3.39. The van der Waals surface area contributed by atoms with E-state index in [1.54, 1.807) is 0 Å². The van der Waals surface area contributed by atoms with Crippen LogP contribution in [0.5, 0.6) is 0 Å². The van der Waals surface area contributed by atoms with Crippen LogP contribution in [0.4, 0.5) is 0 Å². The number of rotatable bonds is 4. The van der Waals surface area contributed by atoms with Crippen LogP contribution in [-0.4, -0.2) is 7.05 Å². The summed E-state index contributed by atoms with van der Waals surface area (Å²) >= 11 is 0. The first kappa shape index (κ1) is 15.7. The molecular formula is C17H22ClN. The average molecular weight is 276 g/mol. The van der Waals surface area contributed by atoms with E-state index in [0.29, 0.717) is 6.04 Å². The van der Waals surface area contributed by atoms with E-state index in [4.69, 9.17) is 0 Å². The normalized spacial score (nSPS) is 11.7. The van der Waals surface area contributed by atoms with Crippen molar-refractivity contribution in [2.75, 3.05) is 7.05 Å². The van der Waals surface area contributed by atoms with E-state index in [-0.39, 0.29) is 12.4 Å². The van der Waals surface area contributed by atoms with Crippen LogP contribution < -0.4 is 5.32 Å². The zero-order valence-electron chi connectivity index (χ0n) is 11.8. The highest BCUT2D eigenvalue weighted by Gasteiger charge is 2.09. The second-order valence-corrected chi connectivity index (χ2v) is 4.94. The molecule has 0 fully saturated rings. The second-order valence-electron chi connectivity index (χ2n) is 4.94. The highest BCUT2D eigenvalue weighted by molar-refractivity contribution is 5.85. The van der Waals surface area contributed by atoms with E-state index in [1.807, 2.05) is 7.05 Å². The Balaban J connectivity index is 0.00000180. The van der Waals surface area contributed by atoms with Gasteiger partial charge in [0.25, 0.3) is 0 Å². The van der Waals surface area contributed by atoms with Crippen LogP contribution in [0, 0.1) is 13.8 Å². The maximum atomic E-state index is 3.40. The number of nitrogens with one attached hydrogen (secondary N) is 1. The van der Waals surface area contributed by atoms with Gasteiger partial charge in [-0.1, -0.05) is 59.7 Å². The molecule has 1 unspecified atom stereocenters. The molecule has 0 saturated carbocycles. The predicted octanol–water partition coefficient (Wildman–Crippen LogP) is 4.23. The molecule has 0 spiro atoms. The van der Waals surface area contributed by atoms with Crippen LogP contribution in [0.25, 0.3) is 0 Å². The van der Waals surface area contributed by atoms with Gasteiger partial charge in [0.05, 0.1) is 0 Å². The molecule has 1 N–H and O–H groups in total. The number of hydrogen-bond acceptors (Lipinski definition) is 1. The molecule has 2 aromatic rings. The minimum atomic E-state index is 0. The molecular weight excluding hydrogens is 254 g/mol. The summed E-state index contributed by atoms with van der Waals surface area (Å²) in [7, 11) is 2.03. The fourth-order valence-electron chi connectivity index (χ4n) is 2.15. The summed E-state index contributed by atoms with van der Waals surface area (Å²) in [5.41, 5.74) is 5.35. The first-order chi connectivity index (χ1) is 8.69. The Morgan fingerprint density at radius 3 is 1.79 bits per heavy atom. The van der Waals surface area contributed by atoms with Crippen molar-refractivity contribution in [1.82, 2.24) is 5.32 Å². The van der Waals surface area contributed by atoms with Crippen LogP contribution in [-0.2, 0) is 6.42 Å². The molecule has 0 heterocycles. The van der Waals surface area contributed by atoms with E-state index >= 15 is 0 Å². The Morgan fingerprint density at radius 2 is 1.32 bits per heavy atom. The third kappa shape index (κ3) is 4.38. The summed E-state index contributed by atoms with van der Waals surface area (Å²) in [5, 5.41) is 3.40. The van der Waals surface area contributed by atoms with Gasteiger partial charge in [-0.3, -0.25) is 0 Å². The average Bonchev–Trinajstić information content (AvgIpc) is 2.39. The first-order valence-corrected chi connectivity index (χ1v) is 6.48. The summed E-state index contributed by atoms with van der Waals surface area (Å²) in [6.45, 7) is 4.25. The van der Waals surface area contributed by atoms with Gasteiger partial charge < -0.3 is 5.32 Å². The maximum Gasteiger partial charge on any atom is 0.0358 e. The van der Waals surface area contributed by atoms with Crippen molar-refractivity contribution < 1.29 is 0 Å². The quantitative estimate of drug-likeness (QED) is 0.881. The van der Waals surface area contributed by atoms with E-state index < -0.39 is 0 Å². The molecule has 102 valence electrons. The number of hydrogen-bond donors (Lipinski definition) is 1. The lowest BCUT2D eigenvalue weighted by Crippen LogP contribution is -2.18. The lowest BCUT2D eigenvalue weighted by molar-refractivity contribution is 0.592. The van der Waals surface area contributed by atoms with Crippen molar-refractivity contribution in [3.8, 4) is 0 Å². The number of likely N-dealkylation sites (N-methyl/N-ethyl adjacent to an activating group) is 1. The van der Waals surface area contributed by atoms with Crippen molar-refractivity contribution in [3.63, 3.8) is 0 Å². The summed E-state index contributed by atoms with van der Waals surface area (Å²) in [6, 6.07) is 17.9. The molecule has 1 atom stereocenters. The zero-order chi connectivity index (χ0) is 13.0. The Labute approximate surface area is 122 Å². The van der Waals surface area contributed by atoms with Gasteiger partial charge in [0.2, 0.25) is 0 Å². The molecule has 0 saturated heterocycles. The Hall–Kier alpha value is -1.31. The van der Waals surface area contributed by atoms with Crippen LogP contribution in [0.15, 0.2) is 48.5 Å². The molecule has 2 aromatic carbocycles. The molecule has 0 bridgehead atoms. The topological polar surface area (TPSA) is 12.0 Å². The van der Waals surface area contributed by atoms with Gasteiger partial charge in [0.15, 0.2) is 0 Å². The predicted molar refractivity (Wildman–Crippen MR) is 85.1 cm³/mol. The van der Waals surface area contributed by atoms with Crippen LogP contribution in [0.2, 0.25) is 0 Å². The smallest absolute Gasteiger partial charge is 0.0358 e. The number of halogens is 1. The van der Waals surface area contributed by atoms with Crippen LogP contribution >= 0.6 is 12.4 Å². The van der Waals surface area contributed by atoms with E-state index in [2.05, 4.69) is 67.7 Å². The maximum absolute atomic E-state index is 3.40. The van der Waals surface area contributed by atoms with Crippen molar-refractivity contribution in [2.45, 2.75) is 26.3 Å². The van der Waals surface area contributed by atoms with Crippen molar-refractivity contribution >= 4 is 12.4 Å². The van der Waals surface area contributed by atoms with E-state index in [0.717, 1.165) is 6.42 Å². The van der Waals surface area contributed by atoms with Gasteiger partial charge in [-0.05, 0) is 38.4 Å². The largest absolute Gasteiger partial charge is 0.313 e. The molecule has 2 rings (SSSR count). The lowest BCUT2D eigenvalue weighted by Gasteiger charge is -2.17. The van der Waals surface area contributed by atoms with E-state index in [9.17, 15) is 0 Å². The Kier molecular flexibility index (Phi) is 6.07. The van der Waals surface area contributed by atoms with Crippen molar-refractivity contribution in [1.29, 1.82) is 0 Å². The first-order valence-electron chi connectivity index (χ1n) is 6.48. The summed E-state index contributed by atoms with van der Waals surface area (Å²) in [4.78, 5) is 0. The van der Waals surface area contributed by atoms with Crippen LogP contribution in [0.1, 0.15) is 28.3 Å². The van der Waals surface area contributed by atoms with Crippen LogP contribution in [0.3, 0.4) is 0 Å². The molecule has 0 radical (unpaired) electrons. The highest BCUT2D eigenvalue weighted by atomic mass is 35.5. The fraction of sp³-hybridized carbons (Fsp3) is 0.294. The van der Waals surface area contributed by atoms with Gasteiger partial charge >= 0.3 is 0 Å². The van der Waals surface area contributed by atoms with Gasteiger partial charge in [-0.2, -0.15) is 0 Å². The zero-order valence-corrected chi connectivity index (χ0v) is 12.6. The molecule has 2 heteroatoms. The lowest BCUT2D eigenvalue weighted by atomic mass is 9.98. The highest BCUT2D eigenvalue weighted by Crippen LogP contribution is 2.19. The van der Waals surface area contributed by atoms with Gasteiger partial charge in [-0.15, -0.1) is 12.4 Å². The number of benzene rings is 2. The Morgan fingerprint density at radius 1 is 0.842 bits per heavy atom. The van der Waals surface area contributed by atoms with Crippen molar-refractivity contribution in [2.24, 2.45) is 0 Å². The minimum Gasteiger partial charge on any atom is -0.313 e. The number of aryl methyl sites for hydroxylation is 2. The Bertz CT molecular complexity index is 488. The minimum absolute atomic E-state index is 0. The molecule has 0 aromatic heterocycles. The molecule has 0 aliphatic heterocycles. The second kappa shape index (κ2) is 7.32. The van der Waals surface area contributed by atoms with Gasteiger partial charge in [0, 0.05) is 6.04 Å². The van der Waals surface area contributed by atoms with E-state index in [1.165, 1.54) is 22.3 Å². The van der Waals surface area contributed by atoms with Gasteiger partial charge in [-0.25, -0.2) is 0 Å².